The summed E-state index contributed by atoms with van der Waals surface area (Å²) in [5.41, 5.74) is 7.61. The fraction of sp³-hybridized carbons (Fsp3) is 0.500. The molecule has 1 unspecified atom stereocenters. The van der Waals surface area contributed by atoms with Gasteiger partial charge in [-0.15, -0.1) is 0 Å². The van der Waals surface area contributed by atoms with E-state index >= 15 is 0 Å². The summed E-state index contributed by atoms with van der Waals surface area (Å²) in [5.74, 6) is -2.96. The molecule has 15 heavy (non-hydrogen) atoms. The molecular weight excluding hydrogens is 196 g/mol. The second-order valence-corrected chi connectivity index (χ2v) is 4.19. The zero-order valence-corrected chi connectivity index (χ0v) is 9.57. The normalized spacial score (nSPS) is 14.1. The molecule has 0 aliphatic carbocycles. The Balaban J connectivity index is 3.38. The van der Waals surface area contributed by atoms with Crippen LogP contribution in [0.2, 0.25) is 0 Å². The van der Waals surface area contributed by atoms with Crippen molar-refractivity contribution in [2.24, 2.45) is 5.73 Å². The highest BCUT2D eigenvalue weighted by molar-refractivity contribution is 5.41. The van der Waals surface area contributed by atoms with E-state index in [1.165, 1.54) is 6.92 Å². The molecule has 1 aromatic rings. The van der Waals surface area contributed by atoms with Crippen LogP contribution >= 0.6 is 0 Å². The molecule has 84 valence electrons. The summed E-state index contributed by atoms with van der Waals surface area (Å²) in [4.78, 5) is 0. The maximum Gasteiger partial charge on any atom is 0.288 e. The van der Waals surface area contributed by atoms with Crippen molar-refractivity contribution >= 4 is 0 Å². The van der Waals surface area contributed by atoms with Crippen molar-refractivity contribution in [1.29, 1.82) is 0 Å². The van der Waals surface area contributed by atoms with Crippen molar-refractivity contribution in [2.75, 3.05) is 0 Å². The summed E-state index contributed by atoms with van der Waals surface area (Å²) in [6.07, 6.45) is 0. The molecule has 0 spiro atoms. The zero-order valence-electron chi connectivity index (χ0n) is 9.57. The number of nitrogens with two attached hydrogens (primary N) is 1. The Morgan fingerprint density at radius 3 is 1.87 bits per heavy atom. The largest absolute Gasteiger partial charge is 0.323 e. The lowest BCUT2D eigenvalue weighted by Gasteiger charge is -2.24. The van der Waals surface area contributed by atoms with E-state index in [0.29, 0.717) is 11.1 Å². The lowest BCUT2D eigenvalue weighted by molar-refractivity contribution is -0.0268. The molecule has 0 saturated carbocycles. The van der Waals surface area contributed by atoms with Gasteiger partial charge >= 0.3 is 0 Å². The van der Waals surface area contributed by atoms with Crippen molar-refractivity contribution in [3.63, 3.8) is 0 Å². The summed E-state index contributed by atoms with van der Waals surface area (Å²) in [6.45, 7) is 6.63. The summed E-state index contributed by atoms with van der Waals surface area (Å²) < 4.78 is 27.6. The predicted octanol–water partition coefficient (Wildman–Crippen LogP) is 3.05. The maximum absolute atomic E-state index is 13.8. The van der Waals surface area contributed by atoms with Gasteiger partial charge in [0.15, 0.2) is 0 Å². The molecule has 0 aliphatic rings. The van der Waals surface area contributed by atoms with Crippen LogP contribution in [0.3, 0.4) is 0 Å². The molecule has 0 saturated heterocycles. The first-order chi connectivity index (χ1) is 6.76. The van der Waals surface area contributed by atoms with Crippen LogP contribution in [0.4, 0.5) is 8.78 Å². The lowest BCUT2D eigenvalue weighted by atomic mass is 9.92. The molecule has 0 aliphatic heterocycles. The Morgan fingerprint density at radius 2 is 1.53 bits per heavy atom. The third-order valence-electron chi connectivity index (χ3n) is 2.58. The first-order valence-corrected chi connectivity index (χ1v) is 4.98. The van der Waals surface area contributed by atoms with E-state index in [-0.39, 0.29) is 5.56 Å². The Morgan fingerprint density at radius 1 is 1.13 bits per heavy atom. The predicted molar refractivity (Wildman–Crippen MR) is 58.2 cm³/mol. The number of hydrogen-bond donors (Lipinski definition) is 1. The first-order valence-electron chi connectivity index (χ1n) is 4.98. The van der Waals surface area contributed by atoms with Crippen LogP contribution in [-0.4, -0.2) is 6.04 Å². The highest BCUT2D eigenvalue weighted by Crippen LogP contribution is 2.35. The molecule has 1 rings (SSSR count). The van der Waals surface area contributed by atoms with Crippen LogP contribution < -0.4 is 5.73 Å². The maximum atomic E-state index is 13.8. The first kappa shape index (κ1) is 12.1. The van der Waals surface area contributed by atoms with Crippen LogP contribution in [0, 0.1) is 20.8 Å². The fourth-order valence-corrected chi connectivity index (χ4v) is 1.93. The van der Waals surface area contributed by atoms with Crippen LogP contribution in [0.5, 0.6) is 0 Å². The number of halogens is 2. The van der Waals surface area contributed by atoms with Gasteiger partial charge in [-0.05, 0) is 38.8 Å². The molecule has 1 atom stereocenters. The fourth-order valence-electron chi connectivity index (χ4n) is 1.93. The third kappa shape index (κ3) is 2.17. The Hall–Kier alpha value is -0.960. The van der Waals surface area contributed by atoms with Crippen molar-refractivity contribution < 1.29 is 8.78 Å². The van der Waals surface area contributed by atoms with Crippen LogP contribution in [0.1, 0.15) is 29.2 Å². The highest BCUT2D eigenvalue weighted by atomic mass is 19.3. The Bertz CT molecular complexity index is 347. The molecule has 1 nitrogen and oxygen atoms in total. The van der Waals surface area contributed by atoms with E-state index in [1.54, 1.807) is 26.0 Å². The van der Waals surface area contributed by atoms with E-state index in [2.05, 4.69) is 0 Å². The average Bonchev–Trinajstić information content (AvgIpc) is 2.00. The number of hydrogen-bond acceptors (Lipinski definition) is 1. The minimum atomic E-state index is -2.96. The van der Waals surface area contributed by atoms with Crippen molar-refractivity contribution in [2.45, 2.75) is 39.7 Å². The van der Waals surface area contributed by atoms with Gasteiger partial charge in [-0.1, -0.05) is 17.7 Å². The SMILES string of the molecule is Cc1cc(C)c(C(F)(F)C(C)N)c(C)c1. The molecule has 0 bridgehead atoms. The van der Waals surface area contributed by atoms with Crippen LogP contribution in [0.15, 0.2) is 12.1 Å². The number of benzene rings is 1. The van der Waals surface area contributed by atoms with Gasteiger partial charge in [0.25, 0.3) is 5.92 Å². The monoisotopic (exact) mass is 213 g/mol. The average molecular weight is 213 g/mol. The van der Waals surface area contributed by atoms with Crippen molar-refractivity contribution in [3.05, 3.63) is 34.4 Å². The Labute approximate surface area is 89.3 Å². The van der Waals surface area contributed by atoms with Crippen LogP contribution in [-0.2, 0) is 5.92 Å². The second-order valence-electron chi connectivity index (χ2n) is 4.19. The van der Waals surface area contributed by atoms with E-state index in [4.69, 9.17) is 5.73 Å². The molecule has 0 heterocycles. The topological polar surface area (TPSA) is 26.0 Å². The van der Waals surface area contributed by atoms with Gasteiger partial charge in [0.2, 0.25) is 0 Å². The molecule has 0 fully saturated rings. The van der Waals surface area contributed by atoms with E-state index in [1.807, 2.05) is 6.92 Å². The molecule has 2 N–H and O–H groups in total. The summed E-state index contributed by atoms with van der Waals surface area (Å²) in [7, 11) is 0. The van der Waals surface area contributed by atoms with Gasteiger partial charge in [0, 0.05) is 5.56 Å². The van der Waals surface area contributed by atoms with Gasteiger partial charge in [0.1, 0.15) is 0 Å². The van der Waals surface area contributed by atoms with Gasteiger partial charge < -0.3 is 5.73 Å². The molecule has 3 heteroatoms. The quantitative estimate of drug-likeness (QED) is 0.802. The molecule has 0 amide bonds. The Kier molecular flexibility index (Phi) is 3.14. The van der Waals surface area contributed by atoms with Crippen molar-refractivity contribution in [1.82, 2.24) is 0 Å². The standard InChI is InChI=1S/C12H17F2N/c1-7-5-8(2)11(9(3)6-7)12(13,14)10(4)15/h5-6,10H,15H2,1-4H3. The van der Waals surface area contributed by atoms with Crippen molar-refractivity contribution in [3.8, 4) is 0 Å². The highest BCUT2D eigenvalue weighted by Gasteiger charge is 2.38. The molecule has 0 aromatic heterocycles. The number of rotatable bonds is 2. The number of aryl methyl sites for hydroxylation is 3. The smallest absolute Gasteiger partial charge is 0.288 e. The van der Waals surface area contributed by atoms with Crippen LogP contribution in [0.25, 0.3) is 0 Å². The minimum absolute atomic E-state index is 0.0723. The molecular formula is C12H17F2N. The minimum Gasteiger partial charge on any atom is -0.323 e. The lowest BCUT2D eigenvalue weighted by Crippen LogP contribution is -2.37. The second kappa shape index (κ2) is 3.89. The van der Waals surface area contributed by atoms with E-state index in [0.717, 1.165) is 5.56 Å². The summed E-state index contributed by atoms with van der Waals surface area (Å²) >= 11 is 0. The van der Waals surface area contributed by atoms with Gasteiger partial charge in [-0.2, -0.15) is 8.78 Å². The van der Waals surface area contributed by atoms with E-state index in [9.17, 15) is 8.78 Å². The van der Waals surface area contributed by atoms with Gasteiger partial charge in [0.05, 0.1) is 6.04 Å². The van der Waals surface area contributed by atoms with Gasteiger partial charge in [-0.25, -0.2) is 0 Å². The summed E-state index contributed by atoms with van der Waals surface area (Å²) in [6, 6.07) is 2.36. The van der Waals surface area contributed by atoms with Gasteiger partial charge in [-0.3, -0.25) is 0 Å². The molecule has 0 radical (unpaired) electrons. The zero-order chi connectivity index (χ0) is 11.8. The molecule has 1 aromatic carbocycles. The number of alkyl halides is 2. The third-order valence-corrected chi connectivity index (χ3v) is 2.58. The summed E-state index contributed by atoms with van der Waals surface area (Å²) in [5, 5.41) is 0. The van der Waals surface area contributed by atoms with E-state index < -0.39 is 12.0 Å².